The number of piperidine rings is 1. The highest BCUT2D eigenvalue weighted by atomic mass is 32.2. The van der Waals surface area contributed by atoms with E-state index in [1.807, 2.05) is 31.2 Å². The molecule has 2 aromatic rings. The SMILES string of the molecule is CCC(NC(=O)C1CCN(S(=O)(=O)c2ccc(OC)cc2)CC1)c1ccc(OC)cc1. The normalized spacial score (nSPS) is 16.5. The number of nitrogens with zero attached hydrogens (tertiary/aromatic N) is 1. The molecule has 1 fully saturated rings. The monoisotopic (exact) mass is 446 g/mol. The van der Waals surface area contributed by atoms with Crippen LogP contribution in [0.15, 0.2) is 53.4 Å². The summed E-state index contributed by atoms with van der Waals surface area (Å²) in [5.41, 5.74) is 1.02. The second-order valence-electron chi connectivity index (χ2n) is 7.60. The first-order chi connectivity index (χ1) is 14.9. The first kappa shape index (κ1) is 23.1. The molecule has 0 aromatic heterocycles. The first-order valence-corrected chi connectivity index (χ1v) is 11.9. The van der Waals surface area contributed by atoms with E-state index in [1.54, 1.807) is 31.4 Å². The highest BCUT2D eigenvalue weighted by Crippen LogP contribution is 2.27. The quantitative estimate of drug-likeness (QED) is 0.672. The van der Waals surface area contributed by atoms with Crippen LogP contribution >= 0.6 is 0 Å². The van der Waals surface area contributed by atoms with Gasteiger partial charge in [-0.1, -0.05) is 19.1 Å². The highest BCUT2D eigenvalue weighted by Gasteiger charge is 2.32. The van der Waals surface area contributed by atoms with Crippen molar-refractivity contribution in [2.24, 2.45) is 5.92 Å². The summed E-state index contributed by atoms with van der Waals surface area (Å²) < 4.78 is 37.5. The van der Waals surface area contributed by atoms with Crippen molar-refractivity contribution < 1.29 is 22.7 Å². The zero-order chi connectivity index (χ0) is 22.4. The van der Waals surface area contributed by atoms with Gasteiger partial charge in [-0.3, -0.25) is 4.79 Å². The Morgan fingerprint density at radius 1 is 1.00 bits per heavy atom. The van der Waals surface area contributed by atoms with Crippen molar-refractivity contribution in [2.75, 3.05) is 27.3 Å². The molecule has 3 rings (SSSR count). The van der Waals surface area contributed by atoms with Gasteiger partial charge < -0.3 is 14.8 Å². The van der Waals surface area contributed by atoms with E-state index in [4.69, 9.17) is 9.47 Å². The molecule has 1 amide bonds. The fourth-order valence-electron chi connectivity index (χ4n) is 3.80. The number of methoxy groups -OCH3 is 2. The number of carbonyl (C=O) groups is 1. The Morgan fingerprint density at radius 3 is 2.00 bits per heavy atom. The lowest BCUT2D eigenvalue weighted by atomic mass is 9.95. The molecule has 1 aliphatic heterocycles. The third-order valence-corrected chi connectivity index (χ3v) is 7.68. The van der Waals surface area contributed by atoms with E-state index in [1.165, 1.54) is 11.4 Å². The van der Waals surface area contributed by atoms with E-state index in [0.717, 1.165) is 17.7 Å². The molecular weight excluding hydrogens is 416 g/mol. The fourth-order valence-corrected chi connectivity index (χ4v) is 5.27. The molecule has 1 unspecified atom stereocenters. The van der Waals surface area contributed by atoms with Crippen LogP contribution in [0.5, 0.6) is 11.5 Å². The van der Waals surface area contributed by atoms with Gasteiger partial charge in [0, 0.05) is 19.0 Å². The van der Waals surface area contributed by atoms with Gasteiger partial charge in [0.15, 0.2) is 0 Å². The number of carbonyl (C=O) groups excluding carboxylic acids is 1. The summed E-state index contributed by atoms with van der Waals surface area (Å²) in [6.45, 7) is 2.68. The third kappa shape index (κ3) is 5.37. The Hall–Kier alpha value is -2.58. The average molecular weight is 447 g/mol. The lowest BCUT2D eigenvalue weighted by Crippen LogP contribution is -2.43. The Balaban J connectivity index is 1.59. The molecule has 7 nitrogen and oxygen atoms in total. The molecule has 2 aromatic carbocycles. The molecule has 1 heterocycles. The van der Waals surface area contributed by atoms with E-state index in [2.05, 4.69) is 5.32 Å². The molecule has 0 saturated carbocycles. The minimum absolute atomic E-state index is 0.0239. The lowest BCUT2D eigenvalue weighted by Gasteiger charge is -2.31. The number of amides is 1. The van der Waals surface area contributed by atoms with Crippen molar-refractivity contribution >= 4 is 15.9 Å². The van der Waals surface area contributed by atoms with Gasteiger partial charge >= 0.3 is 0 Å². The van der Waals surface area contributed by atoms with Gasteiger partial charge in [-0.05, 0) is 61.2 Å². The topological polar surface area (TPSA) is 84.9 Å². The van der Waals surface area contributed by atoms with Crippen LogP contribution < -0.4 is 14.8 Å². The molecule has 1 atom stereocenters. The molecule has 0 aliphatic carbocycles. The molecule has 1 saturated heterocycles. The van der Waals surface area contributed by atoms with Crippen molar-refractivity contribution in [3.05, 3.63) is 54.1 Å². The molecule has 31 heavy (non-hydrogen) atoms. The summed E-state index contributed by atoms with van der Waals surface area (Å²) in [6, 6.07) is 14.0. The van der Waals surface area contributed by atoms with Gasteiger partial charge in [0.25, 0.3) is 0 Å². The minimum atomic E-state index is -3.58. The van der Waals surface area contributed by atoms with Crippen LogP contribution in [0.3, 0.4) is 0 Å². The van der Waals surface area contributed by atoms with E-state index < -0.39 is 10.0 Å². The number of hydrogen-bond acceptors (Lipinski definition) is 5. The largest absolute Gasteiger partial charge is 0.497 e. The summed E-state index contributed by atoms with van der Waals surface area (Å²) in [6.07, 6.45) is 1.77. The fraction of sp³-hybridized carbons (Fsp3) is 0.435. The van der Waals surface area contributed by atoms with E-state index in [0.29, 0.717) is 31.7 Å². The summed E-state index contributed by atoms with van der Waals surface area (Å²) >= 11 is 0. The number of hydrogen-bond donors (Lipinski definition) is 1. The molecule has 0 bridgehead atoms. The summed E-state index contributed by atoms with van der Waals surface area (Å²) in [4.78, 5) is 13.1. The Kier molecular flexibility index (Phi) is 7.56. The van der Waals surface area contributed by atoms with Crippen LogP contribution in [0.1, 0.15) is 37.8 Å². The Morgan fingerprint density at radius 2 is 1.52 bits per heavy atom. The first-order valence-electron chi connectivity index (χ1n) is 10.5. The third-order valence-electron chi connectivity index (χ3n) is 5.76. The molecule has 8 heteroatoms. The minimum Gasteiger partial charge on any atom is -0.497 e. The van der Waals surface area contributed by atoms with E-state index in [9.17, 15) is 13.2 Å². The van der Waals surface area contributed by atoms with Gasteiger partial charge in [-0.25, -0.2) is 8.42 Å². The lowest BCUT2D eigenvalue weighted by molar-refractivity contribution is -0.126. The molecule has 0 radical (unpaired) electrons. The maximum Gasteiger partial charge on any atom is 0.243 e. The average Bonchev–Trinajstić information content (AvgIpc) is 2.82. The van der Waals surface area contributed by atoms with Crippen LogP contribution in [0, 0.1) is 5.92 Å². The molecular formula is C23H30N2O5S. The smallest absolute Gasteiger partial charge is 0.243 e. The van der Waals surface area contributed by atoms with Crippen molar-refractivity contribution in [3.63, 3.8) is 0 Å². The maximum atomic E-state index is 12.9. The van der Waals surface area contributed by atoms with Crippen LogP contribution in [0.25, 0.3) is 0 Å². The standard InChI is InChI=1S/C23H30N2O5S/c1-4-22(17-5-7-19(29-2)8-6-17)24-23(26)18-13-15-25(16-14-18)31(27,28)21-11-9-20(30-3)10-12-21/h5-12,18,22H,4,13-16H2,1-3H3,(H,24,26). The van der Waals surface area contributed by atoms with Crippen LogP contribution in [-0.4, -0.2) is 45.9 Å². The second kappa shape index (κ2) is 10.2. The number of benzene rings is 2. The summed E-state index contributed by atoms with van der Waals surface area (Å²) in [7, 11) is -0.420. The maximum absolute atomic E-state index is 12.9. The predicted molar refractivity (Wildman–Crippen MR) is 119 cm³/mol. The second-order valence-corrected chi connectivity index (χ2v) is 9.53. The van der Waals surface area contributed by atoms with Crippen molar-refractivity contribution in [1.82, 2.24) is 9.62 Å². The Labute approximate surface area is 184 Å². The van der Waals surface area contributed by atoms with Crippen molar-refractivity contribution in [2.45, 2.75) is 37.1 Å². The van der Waals surface area contributed by atoms with E-state index >= 15 is 0 Å². The summed E-state index contributed by atoms with van der Waals surface area (Å²) in [5, 5.41) is 3.13. The van der Waals surface area contributed by atoms with Crippen LogP contribution in [0.4, 0.5) is 0 Å². The van der Waals surface area contributed by atoms with Gasteiger partial charge in [-0.2, -0.15) is 4.31 Å². The van der Waals surface area contributed by atoms with Crippen LogP contribution in [0.2, 0.25) is 0 Å². The highest BCUT2D eigenvalue weighted by molar-refractivity contribution is 7.89. The zero-order valence-corrected chi connectivity index (χ0v) is 19.0. The zero-order valence-electron chi connectivity index (χ0n) is 18.2. The van der Waals surface area contributed by atoms with Gasteiger partial charge in [0.1, 0.15) is 11.5 Å². The number of rotatable bonds is 8. The Bertz CT molecular complexity index is 966. The molecule has 1 aliphatic rings. The number of nitrogens with one attached hydrogen (secondary N) is 1. The number of ether oxygens (including phenoxy) is 2. The predicted octanol–water partition coefficient (Wildman–Crippen LogP) is 3.37. The van der Waals surface area contributed by atoms with Crippen molar-refractivity contribution in [3.8, 4) is 11.5 Å². The molecule has 168 valence electrons. The summed E-state index contributed by atoms with van der Waals surface area (Å²) in [5.74, 6) is 1.16. The van der Waals surface area contributed by atoms with Gasteiger partial charge in [0.05, 0.1) is 25.2 Å². The van der Waals surface area contributed by atoms with Gasteiger partial charge in [-0.15, -0.1) is 0 Å². The van der Waals surface area contributed by atoms with Crippen LogP contribution in [-0.2, 0) is 14.8 Å². The number of sulfonamides is 1. The van der Waals surface area contributed by atoms with Crippen molar-refractivity contribution in [1.29, 1.82) is 0 Å². The molecule has 0 spiro atoms. The van der Waals surface area contributed by atoms with Gasteiger partial charge in [0.2, 0.25) is 15.9 Å². The molecule has 1 N–H and O–H groups in total. The van der Waals surface area contributed by atoms with E-state index in [-0.39, 0.29) is 22.8 Å².